The van der Waals surface area contributed by atoms with Crippen molar-refractivity contribution in [1.82, 2.24) is 20.0 Å². The average molecular weight is 450 g/mol. The van der Waals surface area contributed by atoms with E-state index in [1.165, 1.54) is 0 Å². The third-order valence-electron chi connectivity index (χ3n) is 5.31. The standard InChI is InChI=1S/C26H18N4O4/c31-24-11-12-25(32)30(24)34-26(33)18-9-7-17(8-10-18)19-15-22(20-5-1-3-13-27-20)29-23(16-19)21-6-2-4-14-28-21/h1-10,13-16H,11-12H2. The summed E-state index contributed by atoms with van der Waals surface area (Å²) < 4.78 is 0. The van der Waals surface area contributed by atoms with Crippen LogP contribution in [0.5, 0.6) is 0 Å². The van der Waals surface area contributed by atoms with Crippen LogP contribution in [-0.2, 0) is 14.4 Å². The Labute approximate surface area is 194 Å². The van der Waals surface area contributed by atoms with Crippen molar-refractivity contribution in [3.63, 3.8) is 0 Å². The molecule has 1 aliphatic rings. The van der Waals surface area contributed by atoms with Gasteiger partial charge in [0.1, 0.15) is 0 Å². The van der Waals surface area contributed by atoms with Crippen molar-refractivity contribution in [2.75, 3.05) is 0 Å². The predicted octanol–water partition coefficient (Wildman–Crippen LogP) is 4.09. The molecule has 4 aromatic rings. The van der Waals surface area contributed by atoms with Crippen molar-refractivity contribution in [3.05, 3.63) is 90.8 Å². The van der Waals surface area contributed by atoms with Gasteiger partial charge in [0.15, 0.2) is 0 Å². The fraction of sp³-hybridized carbons (Fsp3) is 0.0769. The molecule has 0 spiro atoms. The first-order valence-electron chi connectivity index (χ1n) is 10.6. The highest BCUT2D eigenvalue weighted by atomic mass is 16.7. The maximum atomic E-state index is 12.4. The van der Waals surface area contributed by atoms with Gasteiger partial charge in [0.25, 0.3) is 11.8 Å². The van der Waals surface area contributed by atoms with Crippen LogP contribution in [0.3, 0.4) is 0 Å². The molecule has 0 unspecified atom stereocenters. The number of nitrogens with zero attached hydrogens (tertiary/aromatic N) is 4. The van der Waals surface area contributed by atoms with Crippen molar-refractivity contribution < 1.29 is 19.2 Å². The zero-order valence-corrected chi connectivity index (χ0v) is 17.9. The molecule has 0 N–H and O–H groups in total. The normalized spacial score (nSPS) is 13.2. The van der Waals surface area contributed by atoms with E-state index in [4.69, 9.17) is 9.82 Å². The Morgan fingerprint density at radius 3 is 1.76 bits per heavy atom. The number of carbonyl (C=O) groups is 3. The molecule has 1 aliphatic heterocycles. The minimum Gasteiger partial charge on any atom is -0.325 e. The van der Waals surface area contributed by atoms with Crippen molar-refractivity contribution in [2.45, 2.75) is 12.8 Å². The average Bonchev–Trinajstić information content (AvgIpc) is 3.21. The van der Waals surface area contributed by atoms with Crippen LogP contribution in [0.15, 0.2) is 85.2 Å². The number of aromatic nitrogens is 3. The fourth-order valence-corrected chi connectivity index (χ4v) is 3.58. The molecule has 8 nitrogen and oxygen atoms in total. The van der Waals surface area contributed by atoms with Crippen LogP contribution in [0.2, 0.25) is 0 Å². The lowest BCUT2D eigenvalue weighted by atomic mass is 10.0. The summed E-state index contributed by atoms with van der Waals surface area (Å²) in [4.78, 5) is 54.4. The molecule has 34 heavy (non-hydrogen) atoms. The lowest BCUT2D eigenvalue weighted by Gasteiger charge is -2.13. The second kappa shape index (κ2) is 9.03. The molecule has 0 radical (unpaired) electrons. The number of rotatable bonds is 5. The van der Waals surface area contributed by atoms with Gasteiger partial charge in [0.2, 0.25) is 0 Å². The topological polar surface area (TPSA) is 102 Å². The number of imide groups is 1. The predicted molar refractivity (Wildman–Crippen MR) is 123 cm³/mol. The van der Waals surface area contributed by atoms with E-state index in [0.717, 1.165) is 22.5 Å². The second-order valence-corrected chi connectivity index (χ2v) is 7.59. The maximum absolute atomic E-state index is 12.4. The lowest BCUT2D eigenvalue weighted by molar-refractivity contribution is -0.172. The van der Waals surface area contributed by atoms with E-state index in [2.05, 4.69) is 9.97 Å². The zero-order valence-electron chi connectivity index (χ0n) is 17.9. The Hall–Kier alpha value is -4.72. The highest BCUT2D eigenvalue weighted by Crippen LogP contribution is 2.29. The summed E-state index contributed by atoms with van der Waals surface area (Å²) in [5.41, 5.74) is 4.74. The van der Waals surface area contributed by atoms with Gasteiger partial charge < -0.3 is 4.84 Å². The van der Waals surface area contributed by atoms with E-state index in [1.54, 1.807) is 36.7 Å². The van der Waals surface area contributed by atoms with Gasteiger partial charge in [-0.05, 0) is 59.7 Å². The Kier molecular flexibility index (Phi) is 5.61. The summed E-state index contributed by atoms with van der Waals surface area (Å²) in [5.74, 6) is -1.81. The molecule has 1 fully saturated rings. The molecule has 166 valence electrons. The number of pyridine rings is 3. The van der Waals surface area contributed by atoms with E-state index in [9.17, 15) is 14.4 Å². The summed E-state index contributed by atoms with van der Waals surface area (Å²) in [6, 6.07) is 21.8. The van der Waals surface area contributed by atoms with E-state index < -0.39 is 17.8 Å². The number of hydrogen-bond donors (Lipinski definition) is 0. The molecule has 5 rings (SSSR count). The second-order valence-electron chi connectivity index (χ2n) is 7.59. The van der Waals surface area contributed by atoms with Crippen LogP contribution < -0.4 is 0 Å². The summed E-state index contributed by atoms with van der Waals surface area (Å²) in [7, 11) is 0. The first-order chi connectivity index (χ1) is 16.6. The van der Waals surface area contributed by atoms with Crippen molar-refractivity contribution in [1.29, 1.82) is 0 Å². The highest BCUT2D eigenvalue weighted by molar-refractivity contribution is 6.02. The van der Waals surface area contributed by atoms with Gasteiger partial charge in [-0.2, -0.15) is 0 Å². The molecule has 8 heteroatoms. The minimum absolute atomic E-state index is 0.0459. The first kappa shape index (κ1) is 21.1. The summed E-state index contributed by atoms with van der Waals surface area (Å²) in [6.45, 7) is 0. The largest absolute Gasteiger partial charge is 0.363 e. The number of benzene rings is 1. The molecule has 3 aromatic heterocycles. The lowest BCUT2D eigenvalue weighted by Crippen LogP contribution is -2.32. The molecular weight excluding hydrogens is 432 g/mol. The summed E-state index contributed by atoms with van der Waals surface area (Å²) >= 11 is 0. The van der Waals surface area contributed by atoms with Gasteiger partial charge in [0.05, 0.1) is 28.3 Å². The molecule has 0 atom stereocenters. The third kappa shape index (κ3) is 4.29. The van der Waals surface area contributed by atoms with Crippen LogP contribution in [-0.4, -0.2) is 37.8 Å². The fourth-order valence-electron chi connectivity index (χ4n) is 3.58. The van der Waals surface area contributed by atoms with Gasteiger partial charge in [0, 0.05) is 25.2 Å². The summed E-state index contributed by atoms with van der Waals surface area (Å²) in [5, 5.41) is 0.539. The molecule has 2 amide bonds. The molecule has 4 heterocycles. The van der Waals surface area contributed by atoms with E-state index in [0.29, 0.717) is 16.5 Å². The van der Waals surface area contributed by atoms with Gasteiger partial charge >= 0.3 is 5.97 Å². The molecule has 1 aromatic carbocycles. The molecule has 0 saturated carbocycles. The maximum Gasteiger partial charge on any atom is 0.363 e. The van der Waals surface area contributed by atoms with E-state index in [1.807, 2.05) is 48.5 Å². The van der Waals surface area contributed by atoms with Gasteiger partial charge in [-0.15, -0.1) is 5.06 Å². The van der Waals surface area contributed by atoms with Gasteiger partial charge in [-0.3, -0.25) is 19.6 Å². The quantitative estimate of drug-likeness (QED) is 0.422. The zero-order chi connectivity index (χ0) is 23.5. The van der Waals surface area contributed by atoms with Crippen molar-refractivity contribution in [2.24, 2.45) is 0 Å². The van der Waals surface area contributed by atoms with Crippen LogP contribution in [0.1, 0.15) is 23.2 Å². The molecule has 0 aliphatic carbocycles. The van der Waals surface area contributed by atoms with E-state index in [-0.39, 0.29) is 18.4 Å². The third-order valence-corrected chi connectivity index (χ3v) is 5.31. The van der Waals surface area contributed by atoms with Gasteiger partial charge in [-0.25, -0.2) is 9.78 Å². The van der Waals surface area contributed by atoms with Crippen LogP contribution in [0.4, 0.5) is 0 Å². The molecule has 0 bridgehead atoms. The number of hydroxylamine groups is 2. The number of hydrogen-bond acceptors (Lipinski definition) is 7. The minimum atomic E-state index is -0.770. The molecule has 1 saturated heterocycles. The van der Waals surface area contributed by atoms with Crippen molar-refractivity contribution >= 4 is 17.8 Å². The number of carbonyl (C=O) groups excluding carboxylic acids is 3. The first-order valence-corrected chi connectivity index (χ1v) is 10.6. The number of amides is 2. The smallest absolute Gasteiger partial charge is 0.325 e. The summed E-state index contributed by atoms with van der Waals surface area (Å²) in [6.07, 6.45) is 3.51. The Morgan fingerprint density at radius 2 is 1.26 bits per heavy atom. The molecular formula is C26H18N4O4. The van der Waals surface area contributed by atoms with Crippen LogP contribution in [0, 0.1) is 0 Å². The highest BCUT2D eigenvalue weighted by Gasteiger charge is 2.33. The Balaban J connectivity index is 1.47. The van der Waals surface area contributed by atoms with Gasteiger partial charge in [-0.1, -0.05) is 24.3 Å². The van der Waals surface area contributed by atoms with Crippen molar-refractivity contribution in [3.8, 4) is 33.9 Å². The Morgan fingerprint density at radius 1 is 0.706 bits per heavy atom. The SMILES string of the molecule is O=C(ON1C(=O)CCC1=O)c1ccc(-c2cc(-c3ccccn3)nc(-c3ccccn3)c2)cc1. The Bertz CT molecular complexity index is 1300. The van der Waals surface area contributed by atoms with Crippen LogP contribution >= 0.6 is 0 Å². The monoisotopic (exact) mass is 450 g/mol. The van der Waals surface area contributed by atoms with E-state index >= 15 is 0 Å². The van der Waals surface area contributed by atoms with Crippen LogP contribution in [0.25, 0.3) is 33.9 Å².